The van der Waals surface area contributed by atoms with Gasteiger partial charge in [-0.3, -0.25) is 0 Å². The van der Waals surface area contributed by atoms with Gasteiger partial charge in [0.1, 0.15) is 11.2 Å². The van der Waals surface area contributed by atoms with E-state index in [1.165, 1.54) is 54.5 Å². The van der Waals surface area contributed by atoms with Crippen LogP contribution >= 0.6 is 0 Å². The van der Waals surface area contributed by atoms with Crippen LogP contribution in [0.4, 0.5) is 17.1 Å². The SMILES string of the molecule is c1ccc(-c2cc(N(c3ccc4c(c3)oc3ccccc34)c3ccc4cccc(-n5c6ccccc6c6ccccc65)c4c3)cc3ccccc23)cc1. The van der Waals surface area contributed by atoms with Crippen LogP contribution in [0.3, 0.4) is 0 Å². The molecule has 0 unspecified atom stereocenters. The molecule has 0 atom stereocenters. The molecule has 3 nitrogen and oxygen atoms in total. The fourth-order valence-electron chi connectivity index (χ4n) is 8.34. The molecular weight excluding hydrogens is 645 g/mol. The standard InChI is InChI=1S/C50H32N2O/c1-2-13-33(14-3-1)44-31-38(29-35-15-4-5-17-39(35)44)51(37-27-28-43-42-20-8-11-24-49(42)53-50(43)32-37)36-26-25-34-16-12-23-48(45(34)30-36)52-46-21-9-6-18-40(46)41-19-7-10-22-47(41)52/h1-32H. The molecule has 0 aliphatic carbocycles. The highest BCUT2D eigenvalue weighted by Gasteiger charge is 2.20. The summed E-state index contributed by atoms with van der Waals surface area (Å²) in [5.41, 5.74) is 10.8. The van der Waals surface area contributed by atoms with Gasteiger partial charge in [-0.1, -0.05) is 127 Å². The molecule has 0 N–H and O–H groups in total. The Morgan fingerprint density at radius 2 is 0.981 bits per heavy atom. The lowest BCUT2D eigenvalue weighted by Gasteiger charge is -2.27. The summed E-state index contributed by atoms with van der Waals surface area (Å²) in [6.45, 7) is 0. The van der Waals surface area contributed by atoms with Gasteiger partial charge in [-0.2, -0.15) is 0 Å². The lowest BCUT2D eigenvalue weighted by Crippen LogP contribution is -2.10. The van der Waals surface area contributed by atoms with E-state index in [2.05, 4.69) is 191 Å². The molecule has 11 aromatic rings. The van der Waals surface area contributed by atoms with Crippen LogP contribution in [0, 0.1) is 0 Å². The lowest BCUT2D eigenvalue weighted by atomic mass is 9.96. The van der Waals surface area contributed by atoms with E-state index in [9.17, 15) is 0 Å². The average Bonchev–Trinajstić information content (AvgIpc) is 3.76. The van der Waals surface area contributed by atoms with E-state index in [-0.39, 0.29) is 0 Å². The van der Waals surface area contributed by atoms with Gasteiger partial charge < -0.3 is 13.9 Å². The van der Waals surface area contributed by atoms with Crippen LogP contribution in [-0.4, -0.2) is 4.57 Å². The third-order valence-electron chi connectivity index (χ3n) is 10.7. The number of fused-ring (bicyclic) bond motifs is 8. The van der Waals surface area contributed by atoms with Crippen molar-refractivity contribution in [3.63, 3.8) is 0 Å². The zero-order valence-corrected chi connectivity index (χ0v) is 28.8. The number of aromatic nitrogens is 1. The number of hydrogen-bond donors (Lipinski definition) is 0. The normalized spacial score (nSPS) is 11.8. The van der Waals surface area contributed by atoms with Crippen LogP contribution in [0.5, 0.6) is 0 Å². The van der Waals surface area contributed by atoms with Crippen molar-refractivity contribution in [2.24, 2.45) is 0 Å². The van der Waals surface area contributed by atoms with Crippen LogP contribution in [0.2, 0.25) is 0 Å². The molecule has 9 aromatic carbocycles. The van der Waals surface area contributed by atoms with Crippen LogP contribution in [-0.2, 0) is 0 Å². The van der Waals surface area contributed by atoms with Gasteiger partial charge in [0.15, 0.2) is 0 Å². The summed E-state index contributed by atoms with van der Waals surface area (Å²) in [5, 5.41) is 9.51. The number of benzene rings is 9. The van der Waals surface area contributed by atoms with Crippen molar-refractivity contribution in [2.75, 3.05) is 4.90 Å². The molecule has 0 saturated carbocycles. The maximum atomic E-state index is 6.47. The van der Waals surface area contributed by atoms with E-state index in [0.717, 1.165) is 44.7 Å². The van der Waals surface area contributed by atoms with Crippen molar-refractivity contribution in [2.45, 2.75) is 0 Å². The summed E-state index contributed by atoms with van der Waals surface area (Å²) in [7, 11) is 0. The van der Waals surface area contributed by atoms with Gasteiger partial charge in [-0.15, -0.1) is 0 Å². The molecule has 0 aliphatic heterocycles. The van der Waals surface area contributed by atoms with Crippen molar-refractivity contribution in [1.82, 2.24) is 4.57 Å². The summed E-state index contributed by atoms with van der Waals surface area (Å²) in [5.74, 6) is 0. The highest BCUT2D eigenvalue weighted by molar-refractivity contribution is 6.11. The summed E-state index contributed by atoms with van der Waals surface area (Å²) in [6, 6.07) is 69.9. The molecule has 0 aliphatic rings. The maximum absolute atomic E-state index is 6.47. The first-order chi connectivity index (χ1) is 26.3. The number of rotatable bonds is 5. The van der Waals surface area contributed by atoms with Crippen LogP contribution in [0.1, 0.15) is 0 Å². The molecule has 0 amide bonds. The van der Waals surface area contributed by atoms with E-state index < -0.39 is 0 Å². The first kappa shape index (κ1) is 29.6. The highest BCUT2D eigenvalue weighted by Crippen LogP contribution is 2.44. The van der Waals surface area contributed by atoms with Gasteiger partial charge in [-0.25, -0.2) is 0 Å². The number of furan rings is 1. The predicted molar refractivity (Wildman–Crippen MR) is 223 cm³/mol. The largest absolute Gasteiger partial charge is 0.456 e. The smallest absolute Gasteiger partial charge is 0.137 e. The summed E-state index contributed by atoms with van der Waals surface area (Å²) >= 11 is 0. The zero-order chi connectivity index (χ0) is 34.9. The molecule has 248 valence electrons. The van der Waals surface area contributed by atoms with Crippen molar-refractivity contribution in [3.05, 3.63) is 194 Å². The lowest BCUT2D eigenvalue weighted by molar-refractivity contribution is 0.669. The van der Waals surface area contributed by atoms with Crippen molar-refractivity contribution < 1.29 is 4.42 Å². The van der Waals surface area contributed by atoms with Gasteiger partial charge in [0.05, 0.1) is 16.7 Å². The quantitative estimate of drug-likeness (QED) is 0.181. The molecule has 2 heterocycles. The Morgan fingerprint density at radius 1 is 0.358 bits per heavy atom. The van der Waals surface area contributed by atoms with Gasteiger partial charge in [0.2, 0.25) is 0 Å². The summed E-state index contributed by atoms with van der Waals surface area (Å²) in [4.78, 5) is 2.38. The second-order valence-electron chi connectivity index (χ2n) is 13.7. The maximum Gasteiger partial charge on any atom is 0.137 e. The second-order valence-corrected chi connectivity index (χ2v) is 13.7. The van der Waals surface area contributed by atoms with E-state index >= 15 is 0 Å². The van der Waals surface area contributed by atoms with E-state index in [1.54, 1.807) is 0 Å². The van der Waals surface area contributed by atoms with Crippen molar-refractivity contribution in [3.8, 4) is 16.8 Å². The Hall–Kier alpha value is -7.10. The monoisotopic (exact) mass is 676 g/mol. The van der Waals surface area contributed by atoms with E-state index in [1.807, 2.05) is 12.1 Å². The molecule has 0 radical (unpaired) electrons. The molecule has 3 heteroatoms. The van der Waals surface area contributed by atoms with Crippen molar-refractivity contribution >= 4 is 82.4 Å². The molecule has 11 rings (SSSR count). The first-order valence-electron chi connectivity index (χ1n) is 18.1. The fraction of sp³-hybridized carbons (Fsp3) is 0. The van der Waals surface area contributed by atoms with Gasteiger partial charge >= 0.3 is 0 Å². The van der Waals surface area contributed by atoms with E-state index in [4.69, 9.17) is 4.42 Å². The molecule has 2 aromatic heterocycles. The van der Waals surface area contributed by atoms with E-state index in [0.29, 0.717) is 0 Å². The number of nitrogens with zero attached hydrogens (tertiary/aromatic N) is 2. The minimum Gasteiger partial charge on any atom is -0.456 e. The first-order valence-corrected chi connectivity index (χ1v) is 18.1. The fourth-order valence-corrected chi connectivity index (χ4v) is 8.34. The minimum atomic E-state index is 0.865. The third-order valence-corrected chi connectivity index (χ3v) is 10.7. The predicted octanol–water partition coefficient (Wildman–Crippen LogP) is 14.1. The second kappa shape index (κ2) is 11.7. The number of anilines is 3. The Bertz CT molecular complexity index is 3130. The highest BCUT2D eigenvalue weighted by atomic mass is 16.3. The Kier molecular flexibility index (Phi) is 6.55. The zero-order valence-electron chi connectivity index (χ0n) is 28.8. The Morgan fingerprint density at radius 3 is 1.79 bits per heavy atom. The molecule has 0 fully saturated rings. The van der Waals surface area contributed by atoms with Crippen LogP contribution < -0.4 is 4.90 Å². The Labute approximate surface area is 306 Å². The van der Waals surface area contributed by atoms with Gasteiger partial charge in [0.25, 0.3) is 0 Å². The minimum absolute atomic E-state index is 0.865. The number of para-hydroxylation sites is 3. The molecule has 53 heavy (non-hydrogen) atoms. The third kappa shape index (κ3) is 4.68. The molecule has 0 spiro atoms. The van der Waals surface area contributed by atoms with Crippen LogP contribution in [0.15, 0.2) is 199 Å². The van der Waals surface area contributed by atoms with Gasteiger partial charge in [0, 0.05) is 50.1 Å². The Balaban J connectivity index is 1.19. The average molecular weight is 677 g/mol. The van der Waals surface area contributed by atoms with Gasteiger partial charge in [-0.05, 0) is 87.9 Å². The van der Waals surface area contributed by atoms with Crippen LogP contribution in [0.25, 0.3) is 82.1 Å². The number of hydrogen-bond acceptors (Lipinski definition) is 2. The molecular formula is C50H32N2O. The summed E-state index contributed by atoms with van der Waals surface area (Å²) in [6.07, 6.45) is 0. The van der Waals surface area contributed by atoms with Crippen molar-refractivity contribution in [1.29, 1.82) is 0 Å². The summed E-state index contributed by atoms with van der Waals surface area (Å²) < 4.78 is 8.89. The topological polar surface area (TPSA) is 21.3 Å². The molecule has 0 saturated heterocycles. The molecule has 0 bridgehead atoms.